The van der Waals surface area contributed by atoms with Crippen LogP contribution in [0.3, 0.4) is 0 Å². The lowest BCUT2D eigenvalue weighted by molar-refractivity contribution is -0.135. The molecule has 1 amide bonds. The van der Waals surface area contributed by atoms with Crippen LogP contribution in [-0.4, -0.2) is 62.3 Å². The zero-order valence-corrected chi connectivity index (χ0v) is 19.0. The molecule has 2 aliphatic rings. The number of ether oxygens (including phenoxy) is 3. The van der Waals surface area contributed by atoms with Gasteiger partial charge in [-0.05, 0) is 54.7 Å². The van der Waals surface area contributed by atoms with E-state index in [0.717, 1.165) is 37.9 Å². The van der Waals surface area contributed by atoms with Gasteiger partial charge < -0.3 is 19.1 Å². The van der Waals surface area contributed by atoms with Gasteiger partial charge in [0.2, 0.25) is 11.7 Å². The van der Waals surface area contributed by atoms with Crippen molar-refractivity contribution in [3.8, 4) is 17.2 Å². The highest BCUT2D eigenvalue weighted by atomic mass is 16.5. The Kier molecular flexibility index (Phi) is 7.12. The van der Waals surface area contributed by atoms with Gasteiger partial charge in [0, 0.05) is 43.5 Å². The van der Waals surface area contributed by atoms with E-state index < -0.39 is 0 Å². The van der Waals surface area contributed by atoms with E-state index in [-0.39, 0.29) is 30.3 Å². The first-order valence-electron chi connectivity index (χ1n) is 11.1. The van der Waals surface area contributed by atoms with Crippen molar-refractivity contribution >= 4 is 5.91 Å². The lowest BCUT2D eigenvalue weighted by atomic mass is 9.84. The molecule has 4 rings (SSSR count). The largest absolute Gasteiger partial charge is 0.493 e. The number of pyridine rings is 1. The van der Waals surface area contributed by atoms with E-state index in [4.69, 9.17) is 14.2 Å². The number of hydrogen-bond donors (Lipinski definition) is 2. The Morgan fingerprint density at radius 2 is 1.81 bits per heavy atom. The number of hydrogen-bond acceptors (Lipinski definition) is 7. The molecule has 3 unspecified atom stereocenters. The van der Waals surface area contributed by atoms with E-state index in [9.17, 15) is 4.79 Å². The fraction of sp³-hybridized carbons (Fsp3) is 0.500. The smallest absolute Gasteiger partial charge is 0.227 e. The Bertz CT molecular complexity index is 898. The number of nitrogens with one attached hydrogen (secondary N) is 2. The summed E-state index contributed by atoms with van der Waals surface area (Å²) in [6, 6.07) is 8.13. The molecule has 32 heavy (non-hydrogen) atoms. The first-order valence-corrected chi connectivity index (χ1v) is 11.1. The maximum absolute atomic E-state index is 13.5. The van der Waals surface area contributed by atoms with Crippen LogP contribution >= 0.6 is 0 Å². The van der Waals surface area contributed by atoms with E-state index in [1.165, 1.54) is 5.56 Å². The third-order valence-corrected chi connectivity index (χ3v) is 6.52. The molecule has 0 spiro atoms. The summed E-state index contributed by atoms with van der Waals surface area (Å²) in [5.41, 5.74) is 8.85. The zero-order chi connectivity index (χ0) is 22.5. The van der Waals surface area contributed by atoms with E-state index >= 15 is 0 Å². The van der Waals surface area contributed by atoms with Gasteiger partial charge in [0.1, 0.15) is 0 Å². The molecule has 3 atom stereocenters. The minimum absolute atomic E-state index is 0.117. The highest BCUT2D eigenvalue weighted by Gasteiger charge is 2.40. The van der Waals surface area contributed by atoms with E-state index in [2.05, 4.69) is 32.9 Å². The van der Waals surface area contributed by atoms with Crippen LogP contribution in [0.15, 0.2) is 36.7 Å². The Balaban J connectivity index is 1.55. The molecular weight excluding hydrogens is 408 g/mol. The molecule has 2 N–H and O–H groups in total. The van der Waals surface area contributed by atoms with Gasteiger partial charge in [0.25, 0.3) is 0 Å². The number of hydrazine groups is 1. The maximum Gasteiger partial charge on any atom is 0.227 e. The Morgan fingerprint density at radius 1 is 1.09 bits per heavy atom. The van der Waals surface area contributed by atoms with Gasteiger partial charge in [-0.15, -0.1) is 0 Å². The van der Waals surface area contributed by atoms with Crippen LogP contribution in [0.2, 0.25) is 0 Å². The minimum atomic E-state index is 0.117. The summed E-state index contributed by atoms with van der Waals surface area (Å²) in [5.74, 6) is 2.06. The number of carbonyl (C=O) groups excluding carboxylic acids is 1. The molecule has 172 valence electrons. The summed E-state index contributed by atoms with van der Waals surface area (Å²) < 4.78 is 16.3. The Morgan fingerprint density at radius 3 is 2.47 bits per heavy atom. The van der Waals surface area contributed by atoms with Gasteiger partial charge in [-0.25, -0.2) is 0 Å². The normalized spacial score (nSPS) is 23.1. The lowest BCUT2D eigenvalue weighted by Gasteiger charge is -2.41. The van der Waals surface area contributed by atoms with E-state index in [1.54, 1.807) is 21.3 Å². The molecule has 2 aromatic rings. The molecule has 1 aromatic heterocycles. The van der Waals surface area contributed by atoms with Crippen LogP contribution in [0.4, 0.5) is 0 Å². The van der Waals surface area contributed by atoms with Crippen LogP contribution in [0.25, 0.3) is 0 Å². The predicted octanol–water partition coefficient (Wildman–Crippen LogP) is 2.29. The number of piperidine rings is 1. The number of carbonyl (C=O) groups is 1. The number of methoxy groups -OCH3 is 3. The Hall–Kier alpha value is -2.84. The minimum Gasteiger partial charge on any atom is -0.493 e. The van der Waals surface area contributed by atoms with Gasteiger partial charge in [0.05, 0.1) is 27.8 Å². The summed E-state index contributed by atoms with van der Waals surface area (Å²) in [6.07, 6.45) is 7.09. The quantitative estimate of drug-likeness (QED) is 0.683. The molecule has 8 heteroatoms. The van der Waals surface area contributed by atoms with Crippen LogP contribution in [0, 0.1) is 0 Å². The summed E-state index contributed by atoms with van der Waals surface area (Å²) in [4.78, 5) is 19.7. The second kappa shape index (κ2) is 10.2. The average Bonchev–Trinajstić information content (AvgIpc) is 3.33. The molecule has 2 saturated heterocycles. The van der Waals surface area contributed by atoms with Crippen molar-refractivity contribution in [2.75, 3.05) is 34.4 Å². The Labute approximate surface area is 189 Å². The first kappa shape index (κ1) is 22.4. The molecule has 3 heterocycles. The molecule has 0 saturated carbocycles. The molecule has 1 aromatic carbocycles. The van der Waals surface area contributed by atoms with Gasteiger partial charge >= 0.3 is 0 Å². The van der Waals surface area contributed by atoms with E-state index in [0.29, 0.717) is 17.2 Å². The zero-order valence-electron chi connectivity index (χ0n) is 19.0. The summed E-state index contributed by atoms with van der Waals surface area (Å²) in [6.45, 7) is 1.61. The summed E-state index contributed by atoms with van der Waals surface area (Å²) in [5, 5.41) is 0. The second-order valence-corrected chi connectivity index (χ2v) is 8.30. The van der Waals surface area contributed by atoms with Gasteiger partial charge in [0.15, 0.2) is 11.5 Å². The number of benzene rings is 1. The van der Waals surface area contributed by atoms with Crippen molar-refractivity contribution in [3.63, 3.8) is 0 Å². The van der Waals surface area contributed by atoms with Gasteiger partial charge in [-0.2, -0.15) is 0 Å². The highest BCUT2D eigenvalue weighted by molar-refractivity contribution is 5.80. The second-order valence-electron chi connectivity index (χ2n) is 8.30. The number of likely N-dealkylation sites (tertiary alicyclic amines) is 1. The standard InChI is InChI=1S/C24H32N4O4/c1-30-20-12-16(13-21(31-2)24(20)32-3)14-22(29)28-11-5-4-6-19(28)23-18(15-26-27-23)17-7-9-25-10-8-17/h7-10,12-13,18-19,23,26-27H,4-6,11,14-15H2,1-3H3. The molecular formula is C24H32N4O4. The predicted molar refractivity (Wildman–Crippen MR) is 121 cm³/mol. The first-order chi connectivity index (χ1) is 15.7. The molecule has 0 aliphatic carbocycles. The highest BCUT2D eigenvalue weighted by Crippen LogP contribution is 2.38. The summed E-state index contributed by atoms with van der Waals surface area (Å²) >= 11 is 0. The topological polar surface area (TPSA) is 85.0 Å². The molecule has 2 fully saturated rings. The lowest BCUT2D eigenvalue weighted by Crippen LogP contribution is -2.55. The number of amides is 1. The molecule has 0 radical (unpaired) electrons. The fourth-order valence-electron chi connectivity index (χ4n) is 4.97. The number of nitrogens with zero attached hydrogens (tertiary/aromatic N) is 2. The van der Waals surface area contributed by atoms with Crippen molar-refractivity contribution in [1.82, 2.24) is 20.7 Å². The SMILES string of the molecule is COc1cc(CC(=O)N2CCCCC2C2NNCC2c2ccncc2)cc(OC)c1OC. The van der Waals surface area contributed by atoms with Crippen molar-refractivity contribution in [2.45, 2.75) is 43.7 Å². The van der Waals surface area contributed by atoms with Crippen molar-refractivity contribution in [2.24, 2.45) is 0 Å². The van der Waals surface area contributed by atoms with Crippen molar-refractivity contribution in [1.29, 1.82) is 0 Å². The van der Waals surface area contributed by atoms with Crippen molar-refractivity contribution in [3.05, 3.63) is 47.8 Å². The van der Waals surface area contributed by atoms with Crippen LogP contribution in [-0.2, 0) is 11.2 Å². The molecule has 0 bridgehead atoms. The van der Waals surface area contributed by atoms with Crippen LogP contribution in [0.5, 0.6) is 17.2 Å². The third kappa shape index (κ3) is 4.52. The molecule has 2 aliphatic heterocycles. The monoisotopic (exact) mass is 440 g/mol. The maximum atomic E-state index is 13.5. The fourth-order valence-corrected chi connectivity index (χ4v) is 4.97. The van der Waals surface area contributed by atoms with E-state index in [1.807, 2.05) is 24.5 Å². The average molecular weight is 441 g/mol. The van der Waals surface area contributed by atoms with Crippen molar-refractivity contribution < 1.29 is 19.0 Å². The van der Waals surface area contributed by atoms with Gasteiger partial charge in [-0.3, -0.25) is 20.6 Å². The summed E-state index contributed by atoms with van der Waals surface area (Å²) in [7, 11) is 4.74. The molecule has 8 nitrogen and oxygen atoms in total. The van der Waals surface area contributed by atoms with Crippen LogP contribution in [0.1, 0.15) is 36.3 Å². The number of aromatic nitrogens is 1. The number of rotatable bonds is 7. The third-order valence-electron chi connectivity index (χ3n) is 6.52. The van der Waals surface area contributed by atoms with Crippen LogP contribution < -0.4 is 25.1 Å². The van der Waals surface area contributed by atoms with Gasteiger partial charge in [-0.1, -0.05) is 0 Å².